The molecule has 4 rings (SSSR count). The van der Waals surface area contributed by atoms with Crippen molar-refractivity contribution in [2.75, 3.05) is 6.54 Å². The van der Waals surface area contributed by atoms with Crippen molar-refractivity contribution < 1.29 is 9.21 Å². The number of amides is 1. The number of nitrogens with zero attached hydrogens (tertiary/aromatic N) is 3. The van der Waals surface area contributed by atoms with Crippen LogP contribution in [0, 0.1) is 0 Å². The maximum absolute atomic E-state index is 12.6. The van der Waals surface area contributed by atoms with Crippen LogP contribution in [0.25, 0.3) is 28.1 Å². The fraction of sp³-hybridized carbons (Fsp3) is 0.143. The Morgan fingerprint density at radius 3 is 2.64 bits per heavy atom. The van der Waals surface area contributed by atoms with Gasteiger partial charge in [0.1, 0.15) is 11.3 Å². The van der Waals surface area contributed by atoms with E-state index < -0.39 is 0 Å². The summed E-state index contributed by atoms with van der Waals surface area (Å²) >= 11 is 0. The van der Waals surface area contributed by atoms with E-state index in [0.717, 1.165) is 5.52 Å². The minimum absolute atomic E-state index is 0.202. The Labute approximate surface area is 160 Å². The second kappa shape index (κ2) is 7.48. The first-order valence-corrected chi connectivity index (χ1v) is 8.94. The number of fused-ring (bicyclic) bond motifs is 2. The number of carbonyl (C=O) groups excluding carboxylic acids is 1. The van der Waals surface area contributed by atoms with Crippen molar-refractivity contribution in [3.8, 4) is 0 Å². The monoisotopic (exact) mass is 374 g/mol. The molecule has 4 aromatic rings. The van der Waals surface area contributed by atoms with Crippen molar-refractivity contribution in [1.82, 2.24) is 19.9 Å². The molecule has 0 unspecified atom stereocenters. The second-order valence-electron chi connectivity index (χ2n) is 6.24. The van der Waals surface area contributed by atoms with E-state index >= 15 is 0 Å². The lowest BCUT2D eigenvalue weighted by Gasteiger charge is -2.18. The number of H-pyrrole nitrogens is 1. The van der Waals surface area contributed by atoms with Crippen LogP contribution in [0.3, 0.4) is 0 Å². The number of hydrogen-bond acceptors (Lipinski definition) is 5. The molecule has 2 aromatic carbocycles. The third kappa shape index (κ3) is 3.55. The first-order valence-electron chi connectivity index (χ1n) is 8.94. The largest absolute Gasteiger partial charge is 0.437 e. The first kappa shape index (κ1) is 17.7. The van der Waals surface area contributed by atoms with Crippen molar-refractivity contribution in [3.63, 3.8) is 0 Å². The van der Waals surface area contributed by atoms with Gasteiger partial charge < -0.3 is 14.3 Å². The Morgan fingerprint density at radius 1 is 1.11 bits per heavy atom. The summed E-state index contributed by atoms with van der Waals surface area (Å²) in [6.45, 7) is 2.53. The molecule has 0 aliphatic carbocycles. The highest BCUT2D eigenvalue weighted by Crippen LogP contribution is 2.15. The summed E-state index contributed by atoms with van der Waals surface area (Å²) in [5.74, 6) is 0.581. The van der Waals surface area contributed by atoms with Crippen molar-refractivity contribution in [3.05, 3.63) is 76.7 Å². The molecule has 140 valence electrons. The van der Waals surface area contributed by atoms with E-state index in [2.05, 4.69) is 15.0 Å². The average molecular weight is 374 g/mol. The van der Waals surface area contributed by atoms with Crippen LogP contribution in [-0.2, 0) is 11.3 Å². The number of hydrogen-bond donors (Lipinski definition) is 1. The number of aromatic nitrogens is 3. The van der Waals surface area contributed by atoms with E-state index in [1.54, 1.807) is 29.2 Å². The van der Waals surface area contributed by atoms with Crippen LogP contribution in [0.1, 0.15) is 18.6 Å². The average Bonchev–Trinajstić information content (AvgIpc) is 3.13. The highest BCUT2D eigenvalue weighted by molar-refractivity contribution is 5.91. The fourth-order valence-corrected chi connectivity index (χ4v) is 2.95. The number of rotatable bonds is 5. The minimum atomic E-state index is -0.222. The van der Waals surface area contributed by atoms with E-state index in [-0.39, 0.29) is 18.0 Å². The van der Waals surface area contributed by atoms with Gasteiger partial charge in [-0.15, -0.1) is 0 Å². The van der Waals surface area contributed by atoms with Crippen LogP contribution in [0.2, 0.25) is 0 Å². The predicted octanol–water partition coefficient (Wildman–Crippen LogP) is 3.13. The third-order valence-electron chi connectivity index (χ3n) is 4.37. The molecule has 0 atom stereocenters. The third-order valence-corrected chi connectivity index (χ3v) is 4.37. The number of para-hydroxylation sites is 3. The van der Waals surface area contributed by atoms with Crippen molar-refractivity contribution in [2.24, 2.45) is 0 Å². The SMILES string of the molecule is CCN(Cc1nc2ccccc2c(=O)[nH]1)C(=O)/C=C\c1nc2ccccc2o1. The Morgan fingerprint density at radius 2 is 1.86 bits per heavy atom. The normalized spacial score (nSPS) is 11.5. The zero-order chi connectivity index (χ0) is 19.5. The molecule has 0 bridgehead atoms. The summed E-state index contributed by atoms with van der Waals surface area (Å²) in [6, 6.07) is 14.5. The van der Waals surface area contributed by atoms with Gasteiger partial charge in [-0.25, -0.2) is 9.97 Å². The molecule has 0 aliphatic heterocycles. The summed E-state index contributed by atoms with van der Waals surface area (Å²) < 4.78 is 5.59. The van der Waals surface area contributed by atoms with Gasteiger partial charge in [0.25, 0.3) is 5.56 Å². The molecular weight excluding hydrogens is 356 g/mol. The lowest BCUT2D eigenvalue weighted by molar-refractivity contribution is -0.126. The molecule has 0 fully saturated rings. The van der Waals surface area contributed by atoms with Gasteiger partial charge in [-0.2, -0.15) is 0 Å². The van der Waals surface area contributed by atoms with Gasteiger partial charge in [-0.1, -0.05) is 24.3 Å². The molecule has 7 heteroatoms. The molecule has 7 nitrogen and oxygen atoms in total. The van der Waals surface area contributed by atoms with Gasteiger partial charge >= 0.3 is 0 Å². The Hall–Kier alpha value is -3.74. The number of oxazole rings is 1. The minimum Gasteiger partial charge on any atom is -0.437 e. The Balaban J connectivity index is 1.53. The molecule has 2 heterocycles. The fourth-order valence-electron chi connectivity index (χ4n) is 2.95. The molecule has 1 amide bonds. The Bertz CT molecular complexity index is 1210. The van der Waals surface area contributed by atoms with E-state index in [0.29, 0.717) is 34.7 Å². The molecule has 2 aromatic heterocycles. The van der Waals surface area contributed by atoms with Gasteiger partial charge in [0.05, 0.1) is 17.4 Å². The molecular formula is C21H18N4O3. The summed E-state index contributed by atoms with van der Waals surface area (Å²) in [6.07, 6.45) is 2.95. The van der Waals surface area contributed by atoms with Crippen molar-refractivity contribution in [1.29, 1.82) is 0 Å². The number of carbonyl (C=O) groups is 1. The van der Waals surface area contributed by atoms with Crippen molar-refractivity contribution >= 4 is 34.0 Å². The summed E-state index contributed by atoms with van der Waals surface area (Å²) in [4.78, 5) is 37.9. The molecule has 28 heavy (non-hydrogen) atoms. The topological polar surface area (TPSA) is 92.1 Å². The second-order valence-corrected chi connectivity index (χ2v) is 6.24. The van der Waals surface area contributed by atoms with E-state index in [1.165, 1.54) is 6.08 Å². The van der Waals surface area contributed by atoms with Crippen LogP contribution in [0.4, 0.5) is 0 Å². The van der Waals surface area contributed by atoms with Crippen LogP contribution >= 0.6 is 0 Å². The maximum atomic E-state index is 12.6. The van der Waals surface area contributed by atoms with Gasteiger partial charge in [-0.3, -0.25) is 9.59 Å². The van der Waals surface area contributed by atoms with Crippen molar-refractivity contribution in [2.45, 2.75) is 13.5 Å². The number of aromatic amines is 1. The van der Waals surface area contributed by atoms with Crippen LogP contribution in [0.5, 0.6) is 0 Å². The zero-order valence-corrected chi connectivity index (χ0v) is 15.3. The van der Waals surface area contributed by atoms with Crippen LogP contribution in [0.15, 0.2) is 63.8 Å². The highest BCUT2D eigenvalue weighted by Gasteiger charge is 2.12. The van der Waals surface area contributed by atoms with Gasteiger partial charge in [0, 0.05) is 18.7 Å². The summed E-state index contributed by atoms with van der Waals surface area (Å²) in [7, 11) is 0. The smallest absolute Gasteiger partial charge is 0.258 e. The molecule has 0 spiro atoms. The first-order chi connectivity index (χ1) is 13.6. The molecule has 0 aliphatic rings. The van der Waals surface area contributed by atoms with Gasteiger partial charge in [-0.05, 0) is 31.2 Å². The highest BCUT2D eigenvalue weighted by atomic mass is 16.3. The number of benzene rings is 2. The van der Waals surface area contributed by atoms with E-state index in [1.807, 2.05) is 37.3 Å². The lowest BCUT2D eigenvalue weighted by Crippen LogP contribution is -2.30. The van der Waals surface area contributed by atoms with Crippen LogP contribution < -0.4 is 5.56 Å². The van der Waals surface area contributed by atoms with Gasteiger partial charge in [0.2, 0.25) is 11.8 Å². The zero-order valence-electron chi connectivity index (χ0n) is 15.3. The van der Waals surface area contributed by atoms with E-state index in [4.69, 9.17) is 4.42 Å². The molecule has 0 saturated carbocycles. The Kier molecular flexibility index (Phi) is 4.72. The quantitative estimate of drug-likeness (QED) is 0.542. The lowest BCUT2D eigenvalue weighted by atomic mass is 10.2. The predicted molar refractivity (Wildman–Crippen MR) is 106 cm³/mol. The van der Waals surface area contributed by atoms with Gasteiger partial charge in [0.15, 0.2) is 5.58 Å². The molecule has 0 radical (unpaired) electrons. The molecule has 1 N–H and O–H groups in total. The summed E-state index contributed by atoms with van der Waals surface area (Å²) in [5, 5.41) is 0.525. The van der Waals surface area contributed by atoms with Crippen LogP contribution in [-0.4, -0.2) is 32.3 Å². The number of nitrogens with one attached hydrogen (secondary N) is 1. The number of likely N-dealkylation sites (N-methyl/N-ethyl adjacent to an activating group) is 1. The standard InChI is InChI=1S/C21H18N4O3/c1-2-25(13-18-22-15-8-4-3-7-14(15)21(27)24-18)20(26)12-11-19-23-16-9-5-6-10-17(16)28-19/h3-12H,2,13H2,1H3,(H,22,24,27)/b12-11-. The van der Waals surface area contributed by atoms with E-state index in [9.17, 15) is 9.59 Å². The molecule has 0 saturated heterocycles. The summed E-state index contributed by atoms with van der Waals surface area (Å²) in [5.41, 5.74) is 1.79. The maximum Gasteiger partial charge on any atom is 0.258 e.